The van der Waals surface area contributed by atoms with Crippen LogP contribution in [0.15, 0.2) is 0 Å². The molecule has 0 heterocycles. The van der Waals surface area contributed by atoms with E-state index in [-0.39, 0.29) is 12.6 Å². The molecule has 0 amide bonds. The van der Waals surface area contributed by atoms with E-state index in [1.54, 1.807) is 6.92 Å². The second kappa shape index (κ2) is 3.87. The summed E-state index contributed by atoms with van der Waals surface area (Å²) in [6, 6.07) is -0.345. The molecule has 0 radical (unpaired) electrons. The molecule has 5 nitrogen and oxygen atoms in total. The molecule has 3 N–H and O–H groups in total. The maximum absolute atomic E-state index is 9.93. The first-order valence-corrected chi connectivity index (χ1v) is 4.19. The van der Waals surface area contributed by atoms with Gasteiger partial charge in [-0.3, -0.25) is 4.55 Å². The molecule has 62 valence electrons. The van der Waals surface area contributed by atoms with Crippen molar-refractivity contribution in [2.45, 2.75) is 19.4 Å². The van der Waals surface area contributed by atoms with Crippen molar-refractivity contribution in [3.05, 3.63) is 0 Å². The summed E-state index contributed by atoms with van der Waals surface area (Å²) in [6.07, 6.45) is 0.607. The smallest absolute Gasteiger partial charge is 0.326 e. The minimum absolute atomic E-state index is 0.171. The summed E-state index contributed by atoms with van der Waals surface area (Å²) >= 11 is 0. The molecule has 0 aliphatic heterocycles. The standard InChI is InChI=1S/C4H11NO4S/c1-2-4(5)3-9-10(6,7)8/h4H,2-3,5H2,1H3,(H,6,7,8)/t4-/m0/s1. The topological polar surface area (TPSA) is 89.6 Å². The van der Waals surface area contributed by atoms with Gasteiger partial charge >= 0.3 is 10.4 Å². The zero-order chi connectivity index (χ0) is 8.20. The van der Waals surface area contributed by atoms with Crippen LogP contribution >= 0.6 is 0 Å². The van der Waals surface area contributed by atoms with Crippen molar-refractivity contribution < 1.29 is 17.2 Å². The number of rotatable bonds is 4. The molecule has 0 aromatic carbocycles. The van der Waals surface area contributed by atoms with Crippen LogP contribution in [-0.4, -0.2) is 25.6 Å². The van der Waals surface area contributed by atoms with E-state index in [9.17, 15) is 8.42 Å². The highest BCUT2D eigenvalue weighted by Gasteiger charge is 2.06. The summed E-state index contributed by atoms with van der Waals surface area (Å²) < 4.78 is 31.9. The van der Waals surface area contributed by atoms with Crippen LogP contribution in [0.4, 0.5) is 0 Å². The largest absolute Gasteiger partial charge is 0.397 e. The Kier molecular flexibility index (Phi) is 3.80. The lowest BCUT2D eigenvalue weighted by Gasteiger charge is -2.05. The third-order valence-corrected chi connectivity index (χ3v) is 1.39. The van der Waals surface area contributed by atoms with Crippen LogP contribution in [0.5, 0.6) is 0 Å². The molecule has 0 unspecified atom stereocenters. The van der Waals surface area contributed by atoms with E-state index < -0.39 is 10.4 Å². The third kappa shape index (κ3) is 5.96. The normalized spacial score (nSPS) is 15.1. The highest BCUT2D eigenvalue weighted by molar-refractivity contribution is 7.80. The quantitative estimate of drug-likeness (QED) is 0.556. The van der Waals surface area contributed by atoms with Gasteiger partial charge in [0, 0.05) is 6.04 Å². The van der Waals surface area contributed by atoms with Crippen molar-refractivity contribution in [3.8, 4) is 0 Å². The van der Waals surface area contributed by atoms with Crippen LogP contribution < -0.4 is 5.73 Å². The molecule has 0 aliphatic carbocycles. The molecule has 0 aromatic rings. The van der Waals surface area contributed by atoms with Crippen molar-refractivity contribution in [1.29, 1.82) is 0 Å². The Morgan fingerprint density at radius 2 is 2.20 bits per heavy atom. The fraction of sp³-hybridized carbons (Fsp3) is 1.00. The zero-order valence-electron chi connectivity index (χ0n) is 5.65. The SMILES string of the molecule is CC[C@H](N)COS(=O)(=O)O. The maximum Gasteiger partial charge on any atom is 0.397 e. The fourth-order valence-electron chi connectivity index (χ4n) is 0.291. The first kappa shape index (κ1) is 9.83. The Balaban J connectivity index is 3.56. The minimum Gasteiger partial charge on any atom is -0.326 e. The predicted octanol–water partition coefficient (Wildman–Crippen LogP) is -0.457. The molecule has 0 spiro atoms. The van der Waals surface area contributed by atoms with Gasteiger partial charge in [0.1, 0.15) is 0 Å². The predicted molar refractivity (Wildman–Crippen MR) is 35.8 cm³/mol. The summed E-state index contributed by atoms with van der Waals surface area (Å²) in [4.78, 5) is 0. The monoisotopic (exact) mass is 169 g/mol. The van der Waals surface area contributed by atoms with Gasteiger partial charge in [-0.1, -0.05) is 6.92 Å². The Bertz CT molecular complexity index is 176. The van der Waals surface area contributed by atoms with Gasteiger partial charge in [-0.15, -0.1) is 0 Å². The third-order valence-electron chi connectivity index (χ3n) is 0.955. The van der Waals surface area contributed by atoms with E-state index in [2.05, 4.69) is 4.18 Å². The van der Waals surface area contributed by atoms with E-state index in [0.29, 0.717) is 6.42 Å². The van der Waals surface area contributed by atoms with Gasteiger partial charge in [-0.2, -0.15) is 8.42 Å². The van der Waals surface area contributed by atoms with E-state index in [0.717, 1.165) is 0 Å². The number of hydrogen-bond donors (Lipinski definition) is 2. The van der Waals surface area contributed by atoms with Gasteiger partial charge < -0.3 is 5.73 Å². The average Bonchev–Trinajstić information content (AvgIpc) is 1.81. The molecule has 0 saturated heterocycles. The van der Waals surface area contributed by atoms with Crippen molar-refractivity contribution in [1.82, 2.24) is 0 Å². The first-order valence-electron chi connectivity index (χ1n) is 2.83. The molecule has 10 heavy (non-hydrogen) atoms. The van der Waals surface area contributed by atoms with Crippen LogP contribution in [-0.2, 0) is 14.6 Å². The Morgan fingerprint density at radius 1 is 1.70 bits per heavy atom. The molecule has 0 aliphatic rings. The molecule has 0 bridgehead atoms. The van der Waals surface area contributed by atoms with Crippen molar-refractivity contribution >= 4 is 10.4 Å². The van der Waals surface area contributed by atoms with Crippen LogP contribution in [0.3, 0.4) is 0 Å². The Labute approximate surface area is 60.1 Å². The van der Waals surface area contributed by atoms with Crippen molar-refractivity contribution in [2.75, 3.05) is 6.61 Å². The highest BCUT2D eigenvalue weighted by Crippen LogP contribution is 1.91. The van der Waals surface area contributed by atoms with E-state index in [1.165, 1.54) is 0 Å². The van der Waals surface area contributed by atoms with E-state index in [1.807, 2.05) is 0 Å². The summed E-state index contributed by atoms with van der Waals surface area (Å²) in [5, 5.41) is 0. The van der Waals surface area contributed by atoms with E-state index in [4.69, 9.17) is 10.3 Å². The first-order chi connectivity index (χ1) is 4.45. The molecule has 0 saturated carbocycles. The van der Waals surface area contributed by atoms with E-state index >= 15 is 0 Å². The number of nitrogens with two attached hydrogens (primary N) is 1. The fourth-order valence-corrected chi connectivity index (χ4v) is 0.638. The lowest BCUT2D eigenvalue weighted by Crippen LogP contribution is -2.26. The van der Waals surface area contributed by atoms with Gasteiger partial charge in [0.2, 0.25) is 0 Å². The molecular formula is C4H11NO4S. The molecule has 0 aromatic heterocycles. The Morgan fingerprint density at radius 3 is 2.50 bits per heavy atom. The number of hydrogen-bond acceptors (Lipinski definition) is 4. The summed E-state index contributed by atoms with van der Waals surface area (Å²) in [6.45, 7) is 1.62. The van der Waals surface area contributed by atoms with Gasteiger partial charge in [0.15, 0.2) is 0 Å². The van der Waals surface area contributed by atoms with Gasteiger partial charge in [0.25, 0.3) is 0 Å². The molecule has 1 atom stereocenters. The second-order valence-electron chi connectivity index (χ2n) is 1.88. The summed E-state index contributed by atoms with van der Waals surface area (Å²) in [5.74, 6) is 0. The van der Waals surface area contributed by atoms with Gasteiger partial charge in [0.05, 0.1) is 6.61 Å². The van der Waals surface area contributed by atoms with Gasteiger partial charge in [-0.25, -0.2) is 4.18 Å². The van der Waals surface area contributed by atoms with Crippen LogP contribution in [0.1, 0.15) is 13.3 Å². The lowest BCUT2D eigenvalue weighted by atomic mass is 10.3. The molecule has 6 heteroatoms. The zero-order valence-corrected chi connectivity index (χ0v) is 6.47. The Hall–Kier alpha value is -0.170. The molecule has 0 fully saturated rings. The highest BCUT2D eigenvalue weighted by atomic mass is 32.3. The summed E-state index contributed by atoms with van der Waals surface area (Å²) in [5.41, 5.74) is 5.28. The maximum atomic E-state index is 9.93. The van der Waals surface area contributed by atoms with Crippen LogP contribution in [0, 0.1) is 0 Å². The van der Waals surface area contributed by atoms with Crippen molar-refractivity contribution in [3.63, 3.8) is 0 Å². The minimum atomic E-state index is -4.31. The molecule has 0 rings (SSSR count). The molecular weight excluding hydrogens is 158 g/mol. The second-order valence-corrected chi connectivity index (χ2v) is 2.97. The van der Waals surface area contributed by atoms with Gasteiger partial charge in [-0.05, 0) is 6.42 Å². The lowest BCUT2D eigenvalue weighted by molar-refractivity contribution is 0.248. The average molecular weight is 169 g/mol. The summed E-state index contributed by atoms with van der Waals surface area (Å²) in [7, 11) is -4.31. The van der Waals surface area contributed by atoms with Crippen molar-refractivity contribution in [2.24, 2.45) is 5.73 Å². The van der Waals surface area contributed by atoms with Crippen LogP contribution in [0.2, 0.25) is 0 Å². The van der Waals surface area contributed by atoms with Crippen LogP contribution in [0.25, 0.3) is 0 Å².